The van der Waals surface area contributed by atoms with E-state index in [0.717, 1.165) is 57.0 Å². The Morgan fingerprint density at radius 2 is 1.88 bits per heavy atom. The molecule has 0 aliphatic carbocycles. The van der Waals surface area contributed by atoms with Gasteiger partial charge in [0.15, 0.2) is 11.6 Å². The van der Waals surface area contributed by atoms with Crippen LogP contribution in [0.5, 0.6) is 0 Å². The normalized spacial score (nSPS) is 17.3. The minimum atomic E-state index is -1.23. The average Bonchev–Trinajstić information content (AvgIpc) is 3.32. The lowest BCUT2D eigenvalue weighted by Gasteiger charge is -2.32. The van der Waals surface area contributed by atoms with Crippen LogP contribution < -0.4 is 10.6 Å². The number of nitrogens with one attached hydrogen (secondary N) is 2. The summed E-state index contributed by atoms with van der Waals surface area (Å²) in [6, 6.07) is 9.81. The molecule has 0 radical (unpaired) electrons. The molecule has 0 saturated carbocycles. The first kappa shape index (κ1) is 30.4. The molecule has 0 unspecified atom stereocenters. The molecule has 0 bridgehead atoms. The minimum absolute atomic E-state index is 0.120. The summed E-state index contributed by atoms with van der Waals surface area (Å²) >= 11 is 0. The van der Waals surface area contributed by atoms with E-state index in [1.54, 1.807) is 13.3 Å². The van der Waals surface area contributed by atoms with E-state index in [-0.39, 0.29) is 11.9 Å². The number of anilines is 2. The third-order valence-corrected chi connectivity index (χ3v) is 9.90. The van der Waals surface area contributed by atoms with Crippen molar-refractivity contribution in [3.63, 3.8) is 0 Å². The molecule has 1 saturated heterocycles. The van der Waals surface area contributed by atoms with E-state index in [2.05, 4.69) is 69.4 Å². The number of aliphatic hydroxyl groups excluding tert-OH is 1. The van der Waals surface area contributed by atoms with Crippen molar-refractivity contribution >= 4 is 36.7 Å². The summed E-state index contributed by atoms with van der Waals surface area (Å²) in [6.07, 6.45) is 3.70. The number of carbonyl (C=O) groups is 1. The molecule has 5 rings (SSSR count). The van der Waals surface area contributed by atoms with Crippen LogP contribution in [0.25, 0.3) is 11.0 Å². The molecule has 228 valence electrons. The Balaban J connectivity index is 1.27. The van der Waals surface area contributed by atoms with Crippen molar-refractivity contribution in [1.29, 1.82) is 0 Å². The molecule has 11 nitrogen and oxygen atoms in total. The van der Waals surface area contributed by atoms with E-state index in [1.807, 2.05) is 9.58 Å². The van der Waals surface area contributed by atoms with E-state index in [4.69, 9.17) is 9.84 Å². The molecule has 3 N–H and O–H groups in total. The van der Waals surface area contributed by atoms with Gasteiger partial charge in [0.1, 0.15) is 24.1 Å². The maximum Gasteiger partial charge on any atom is 0.219 e. The van der Waals surface area contributed by atoms with E-state index in [9.17, 15) is 9.90 Å². The molecule has 2 aliphatic rings. The van der Waals surface area contributed by atoms with E-state index in [1.165, 1.54) is 11.1 Å². The Morgan fingerprint density at radius 3 is 2.62 bits per heavy atom. The van der Waals surface area contributed by atoms with Gasteiger partial charge in [0, 0.05) is 66.9 Å². The van der Waals surface area contributed by atoms with E-state index in [0.29, 0.717) is 43.6 Å². The number of amides is 1. The van der Waals surface area contributed by atoms with Crippen molar-refractivity contribution < 1.29 is 14.6 Å². The van der Waals surface area contributed by atoms with Gasteiger partial charge in [-0.25, -0.2) is 14.6 Å². The van der Waals surface area contributed by atoms with Gasteiger partial charge in [-0.05, 0) is 36.4 Å². The summed E-state index contributed by atoms with van der Waals surface area (Å²) in [5.74, 6) is 1.44. The number of ether oxygens (including phenoxy) is 1. The molecule has 1 amide bonds. The number of aliphatic hydroxyl groups is 1. The third kappa shape index (κ3) is 7.85. The number of carbonyl (C=O) groups excluding carboxylic acids is 1. The molecule has 1 aromatic carbocycles. The zero-order valence-electron chi connectivity index (χ0n) is 25.5. The summed E-state index contributed by atoms with van der Waals surface area (Å²) in [7, 11) is -1.23. The Hall–Kier alpha value is -3.06. The second-order valence-corrected chi connectivity index (χ2v) is 18.5. The van der Waals surface area contributed by atoms with Crippen LogP contribution in [0.4, 0.5) is 11.6 Å². The quantitative estimate of drug-likeness (QED) is 0.214. The minimum Gasteiger partial charge on any atom is -0.390 e. The Kier molecular flexibility index (Phi) is 9.76. The molecule has 1 atom stereocenters. The molecule has 2 aromatic heterocycles. The molecule has 3 aromatic rings. The van der Waals surface area contributed by atoms with Crippen LogP contribution in [0.2, 0.25) is 25.7 Å². The first-order valence-electron chi connectivity index (χ1n) is 15.2. The number of benzene rings is 1. The summed E-state index contributed by atoms with van der Waals surface area (Å²) in [4.78, 5) is 25.1. The Morgan fingerprint density at radius 1 is 1.12 bits per heavy atom. The lowest BCUT2D eigenvalue weighted by molar-refractivity contribution is -0.129. The fourth-order valence-corrected chi connectivity index (χ4v) is 6.44. The highest BCUT2D eigenvalue weighted by atomic mass is 28.3. The number of hydrogen-bond acceptors (Lipinski definition) is 9. The number of β-amino-alcohol motifs (C(OH)–C–C–N with tert-alkyl or cyclic N) is 1. The van der Waals surface area contributed by atoms with Gasteiger partial charge in [-0.15, -0.1) is 0 Å². The van der Waals surface area contributed by atoms with E-state index < -0.39 is 14.2 Å². The van der Waals surface area contributed by atoms with Crippen LogP contribution >= 0.6 is 0 Å². The summed E-state index contributed by atoms with van der Waals surface area (Å²) in [6.45, 7) is 13.8. The average molecular weight is 595 g/mol. The zero-order valence-corrected chi connectivity index (χ0v) is 26.5. The van der Waals surface area contributed by atoms with Gasteiger partial charge in [0.25, 0.3) is 0 Å². The fourth-order valence-electron chi connectivity index (χ4n) is 5.68. The van der Waals surface area contributed by atoms with Gasteiger partial charge >= 0.3 is 0 Å². The lowest BCUT2D eigenvalue weighted by Crippen LogP contribution is -2.41. The molecule has 12 heteroatoms. The third-order valence-electron chi connectivity index (χ3n) is 8.20. The monoisotopic (exact) mass is 594 g/mol. The predicted molar refractivity (Wildman–Crippen MR) is 168 cm³/mol. The van der Waals surface area contributed by atoms with Gasteiger partial charge in [0.2, 0.25) is 5.91 Å². The number of piperidine rings is 1. The van der Waals surface area contributed by atoms with Crippen molar-refractivity contribution in [1.82, 2.24) is 29.5 Å². The molecular formula is C30H46N8O3Si. The summed E-state index contributed by atoms with van der Waals surface area (Å²) in [5.41, 5.74) is 4.22. The van der Waals surface area contributed by atoms with Crippen LogP contribution in [0.15, 0.2) is 30.6 Å². The topological polar surface area (TPSA) is 121 Å². The molecule has 4 heterocycles. The van der Waals surface area contributed by atoms with Crippen molar-refractivity contribution in [2.24, 2.45) is 0 Å². The van der Waals surface area contributed by atoms with Crippen molar-refractivity contribution in [3.05, 3.63) is 41.7 Å². The first-order valence-corrected chi connectivity index (χ1v) is 18.9. The molecule has 1 fully saturated rings. The van der Waals surface area contributed by atoms with Crippen molar-refractivity contribution in [2.75, 3.05) is 50.0 Å². The van der Waals surface area contributed by atoms with Gasteiger partial charge in [-0.2, -0.15) is 5.10 Å². The van der Waals surface area contributed by atoms with Crippen LogP contribution in [0, 0.1) is 0 Å². The Labute approximate surface area is 249 Å². The maximum atomic E-state index is 11.8. The van der Waals surface area contributed by atoms with Gasteiger partial charge in [-0.1, -0.05) is 43.9 Å². The summed E-state index contributed by atoms with van der Waals surface area (Å²) < 4.78 is 7.90. The highest BCUT2D eigenvalue weighted by Gasteiger charge is 2.25. The van der Waals surface area contributed by atoms with Crippen LogP contribution in [0.3, 0.4) is 0 Å². The highest BCUT2D eigenvalue weighted by Crippen LogP contribution is 2.28. The second-order valence-electron chi connectivity index (χ2n) is 12.8. The number of rotatable bonds is 12. The smallest absolute Gasteiger partial charge is 0.219 e. The van der Waals surface area contributed by atoms with Crippen LogP contribution in [-0.2, 0) is 29.2 Å². The zero-order chi connectivity index (χ0) is 29.7. The molecular weight excluding hydrogens is 548 g/mol. The number of likely N-dealkylation sites (tertiary alicyclic amines) is 1. The Bertz CT molecular complexity index is 1350. The van der Waals surface area contributed by atoms with E-state index >= 15 is 0 Å². The molecule has 42 heavy (non-hydrogen) atoms. The SMILES string of the molecule is CC(=O)N1CCC(Nc2ncnc3c(NC[C@@H](O)CN4CCc5ccccc5C4)nn(COCC[Si](C)(C)C)c23)CC1. The lowest BCUT2D eigenvalue weighted by atomic mass is 10.00. The first-order chi connectivity index (χ1) is 20.2. The standard InChI is InChI=1S/C30H46N8O3Si/c1-22(39)37-13-10-25(11-14-37)34-30-28-27(32-20-33-30)29(35-38(28)21-41-15-16-42(2,3)4)31-17-26(40)19-36-12-9-23-7-5-6-8-24(23)18-36/h5-8,20,25-26,40H,9-19,21H2,1-4H3,(H,31,35)(H,32,33,34)/t26-/m1/s1. The predicted octanol–water partition coefficient (Wildman–Crippen LogP) is 3.39. The maximum absolute atomic E-state index is 11.8. The molecule has 0 spiro atoms. The highest BCUT2D eigenvalue weighted by molar-refractivity contribution is 6.76. The second kappa shape index (κ2) is 13.5. The van der Waals surface area contributed by atoms with Gasteiger partial charge < -0.3 is 25.4 Å². The largest absolute Gasteiger partial charge is 0.390 e. The molecule has 2 aliphatic heterocycles. The summed E-state index contributed by atoms with van der Waals surface area (Å²) in [5, 5.41) is 22.7. The number of aromatic nitrogens is 4. The number of nitrogens with zero attached hydrogens (tertiary/aromatic N) is 6. The van der Waals surface area contributed by atoms with Crippen molar-refractivity contribution in [2.45, 2.75) is 77.3 Å². The number of fused-ring (bicyclic) bond motifs is 2. The van der Waals surface area contributed by atoms with Crippen LogP contribution in [-0.4, -0.2) is 100 Å². The van der Waals surface area contributed by atoms with Gasteiger partial charge in [-0.3, -0.25) is 9.69 Å². The van der Waals surface area contributed by atoms with Crippen molar-refractivity contribution in [3.8, 4) is 0 Å². The fraction of sp³-hybridized carbons (Fsp3) is 0.600. The van der Waals surface area contributed by atoms with Gasteiger partial charge in [0.05, 0.1) is 6.10 Å². The van der Waals surface area contributed by atoms with Crippen LogP contribution in [0.1, 0.15) is 30.9 Å². The number of hydrogen-bond donors (Lipinski definition) is 3.